The van der Waals surface area contributed by atoms with E-state index in [1.807, 2.05) is 12.1 Å². The van der Waals surface area contributed by atoms with Crippen molar-refractivity contribution in [3.8, 4) is 21.9 Å². The lowest BCUT2D eigenvalue weighted by molar-refractivity contribution is 0.103. The van der Waals surface area contributed by atoms with Crippen LogP contribution < -0.4 is 11.1 Å². The average Bonchev–Trinajstić information content (AvgIpc) is 3.40. The molecule has 1 amide bonds. The average molecular weight is 471 g/mol. The summed E-state index contributed by atoms with van der Waals surface area (Å²) in [7, 11) is 1.51. The fourth-order valence-electron chi connectivity index (χ4n) is 3.33. The molecule has 0 radical (unpaired) electrons. The van der Waals surface area contributed by atoms with Crippen LogP contribution >= 0.6 is 22.9 Å². The number of benzene rings is 1. The van der Waals surface area contributed by atoms with E-state index in [1.54, 1.807) is 12.3 Å². The van der Waals surface area contributed by atoms with Gasteiger partial charge in [0.1, 0.15) is 5.82 Å². The SMILES string of the molecule is Cn1nc(-c2cnc(C3CC3)c(-c3ccc(C(=O)Nc4c(F)cccc4Cl)s3)c2)oc1=O. The number of aryl methyl sites for hydroxylation is 1. The number of anilines is 1. The second-order valence-corrected chi connectivity index (χ2v) is 8.93. The van der Waals surface area contributed by atoms with E-state index in [1.165, 1.54) is 36.6 Å². The zero-order valence-electron chi connectivity index (χ0n) is 16.8. The lowest BCUT2D eigenvalue weighted by atomic mass is 10.1. The zero-order chi connectivity index (χ0) is 22.4. The number of carbonyl (C=O) groups excluding carboxylic acids is 1. The predicted molar refractivity (Wildman–Crippen MR) is 120 cm³/mol. The van der Waals surface area contributed by atoms with Crippen molar-refractivity contribution >= 4 is 34.5 Å². The number of para-hydroxylation sites is 1. The molecule has 1 aromatic carbocycles. The van der Waals surface area contributed by atoms with Crippen LogP contribution in [0.25, 0.3) is 21.9 Å². The number of thiophene rings is 1. The Morgan fingerprint density at radius 1 is 1.31 bits per heavy atom. The van der Waals surface area contributed by atoms with Gasteiger partial charge >= 0.3 is 5.76 Å². The third-order valence-corrected chi connectivity index (χ3v) is 6.55. The number of pyridine rings is 1. The number of nitrogens with zero attached hydrogens (tertiary/aromatic N) is 3. The van der Waals surface area contributed by atoms with Crippen LogP contribution in [0, 0.1) is 5.82 Å². The molecule has 1 saturated carbocycles. The van der Waals surface area contributed by atoms with Crippen molar-refractivity contribution in [3.05, 3.63) is 74.6 Å². The summed E-state index contributed by atoms with van der Waals surface area (Å²) < 4.78 is 20.3. The lowest BCUT2D eigenvalue weighted by Crippen LogP contribution is -2.11. The third-order valence-electron chi connectivity index (χ3n) is 5.12. The summed E-state index contributed by atoms with van der Waals surface area (Å²) in [5.74, 6) is -1.09. The maximum absolute atomic E-state index is 14.0. The van der Waals surface area contributed by atoms with Crippen LogP contribution in [0.4, 0.5) is 10.1 Å². The maximum atomic E-state index is 14.0. The molecule has 0 atom stereocenters. The van der Waals surface area contributed by atoms with Gasteiger partial charge in [-0.15, -0.1) is 16.4 Å². The largest absolute Gasteiger partial charge is 0.437 e. The molecule has 0 bridgehead atoms. The fourth-order valence-corrected chi connectivity index (χ4v) is 4.47. The molecule has 1 aliphatic carbocycles. The van der Waals surface area contributed by atoms with Crippen molar-refractivity contribution in [2.24, 2.45) is 7.05 Å². The Bertz CT molecular complexity index is 1390. The second kappa shape index (κ2) is 7.99. The van der Waals surface area contributed by atoms with Crippen LogP contribution in [0.5, 0.6) is 0 Å². The Morgan fingerprint density at radius 3 is 2.81 bits per heavy atom. The molecule has 32 heavy (non-hydrogen) atoms. The van der Waals surface area contributed by atoms with Gasteiger partial charge in [-0.25, -0.2) is 9.18 Å². The number of aromatic nitrogens is 3. The smallest absolute Gasteiger partial charge is 0.388 e. The highest BCUT2D eigenvalue weighted by atomic mass is 35.5. The molecule has 5 rings (SSSR count). The molecule has 162 valence electrons. The monoisotopic (exact) mass is 470 g/mol. The first-order valence-corrected chi connectivity index (χ1v) is 11.0. The summed E-state index contributed by atoms with van der Waals surface area (Å²) >= 11 is 7.28. The topological polar surface area (TPSA) is 90.0 Å². The first kappa shape index (κ1) is 20.6. The molecule has 4 aromatic rings. The highest BCUT2D eigenvalue weighted by molar-refractivity contribution is 7.17. The molecule has 0 saturated heterocycles. The molecule has 0 spiro atoms. The van der Waals surface area contributed by atoms with Gasteiger partial charge in [-0.2, -0.15) is 4.68 Å². The number of amides is 1. The molecule has 3 aromatic heterocycles. The first-order chi connectivity index (χ1) is 15.4. The highest BCUT2D eigenvalue weighted by Gasteiger charge is 2.29. The molecule has 3 heterocycles. The molecular formula is C22H16ClFN4O3S. The number of hydrogen-bond donors (Lipinski definition) is 1. The Balaban J connectivity index is 1.49. The van der Waals surface area contributed by atoms with Gasteiger partial charge in [0.15, 0.2) is 0 Å². The lowest BCUT2D eigenvalue weighted by Gasteiger charge is -2.08. The molecule has 10 heteroatoms. The minimum Gasteiger partial charge on any atom is -0.388 e. The molecule has 7 nitrogen and oxygen atoms in total. The number of nitrogens with one attached hydrogen (secondary N) is 1. The van der Waals surface area contributed by atoms with Gasteiger partial charge in [-0.1, -0.05) is 17.7 Å². The van der Waals surface area contributed by atoms with E-state index in [2.05, 4.69) is 15.4 Å². The van der Waals surface area contributed by atoms with Crippen molar-refractivity contribution in [2.45, 2.75) is 18.8 Å². The molecule has 1 N–H and O–H groups in total. The summed E-state index contributed by atoms with van der Waals surface area (Å²) in [5, 5.41) is 6.76. The standard InChI is InChI=1S/C22H16ClFN4O3S/c1-28-22(30)31-21(27-28)12-9-13(18(25-10-12)11-5-6-11)16-7-8-17(32-16)20(29)26-19-14(23)3-2-4-15(19)24/h2-4,7-11H,5-6H2,1H3,(H,26,29). The molecule has 0 unspecified atom stereocenters. The molecule has 1 fully saturated rings. The Kier molecular flexibility index (Phi) is 5.15. The third kappa shape index (κ3) is 3.85. The predicted octanol–water partition coefficient (Wildman–Crippen LogP) is 5.09. The van der Waals surface area contributed by atoms with E-state index >= 15 is 0 Å². The van der Waals surface area contributed by atoms with E-state index in [4.69, 9.17) is 16.0 Å². The van der Waals surface area contributed by atoms with Gasteiger partial charge in [0.25, 0.3) is 11.8 Å². The van der Waals surface area contributed by atoms with Crippen LogP contribution in [-0.4, -0.2) is 20.7 Å². The number of rotatable bonds is 5. The number of carbonyl (C=O) groups is 1. The van der Waals surface area contributed by atoms with Crippen LogP contribution in [0.3, 0.4) is 0 Å². The summed E-state index contributed by atoms with van der Waals surface area (Å²) in [6.45, 7) is 0. The van der Waals surface area contributed by atoms with Crippen LogP contribution in [-0.2, 0) is 7.05 Å². The van der Waals surface area contributed by atoms with Crippen LogP contribution in [0.15, 0.2) is 51.8 Å². The quantitative estimate of drug-likeness (QED) is 0.439. The van der Waals surface area contributed by atoms with E-state index in [0.29, 0.717) is 16.4 Å². The minimum atomic E-state index is -0.604. The zero-order valence-corrected chi connectivity index (χ0v) is 18.3. The van der Waals surface area contributed by atoms with E-state index in [-0.39, 0.29) is 16.6 Å². The van der Waals surface area contributed by atoms with Crippen molar-refractivity contribution in [2.75, 3.05) is 5.32 Å². The molecule has 1 aliphatic rings. The van der Waals surface area contributed by atoms with Crippen molar-refractivity contribution in [1.82, 2.24) is 14.8 Å². The molecular weight excluding hydrogens is 455 g/mol. The Labute approximate surface area is 190 Å². The van der Waals surface area contributed by atoms with Crippen LogP contribution in [0.2, 0.25) is 5.02 Å². The van der Waals surface area contributed by atoms with Gasteiger partial charge in [0.05, 0.1) is 26.8 Å². The summed E-state index contributed by atoms with van der Waals surface area (Å²) in [6, 6.07) is 9.58. The fraction of sp³-hybridized carbons (Fsp3) is 0.182. The number of hydrogen-bond acceptors (Lipinski definition) is 6. The summed E-state index contributed by atoms with van der Waals surface area (Å²) in [6.07, 6.45) is 3.73. The highest BCUT2D eigenvalue weighted by Crippen LogP contribution is 2.45. The van der Waals surface area contributed by atoms with Gasteiger partial charge in [0, 0.05) is 29.6 Å². The summed E-state index contributed by atoms with van der Waals surface area (Å²) in [5.41, 5.74) is 2.30. The summed E-state index contributed by atoms with van der Waals surface area (Å²) in [4.78, 5) is 30.2. The first-order valence-electron chi connectivity index (χ1n) is 9.80. The van der Waals surface area contributed by atoms with Gasteiger partial charge in [-0.3, -0.25) is 9.78 Å². The Hall–Kier alpha value is -3.30. The van der Waals surface area contributed by atoms with E-state index in [0.717, 1.165) is 33.7 Å². The van der Waals surface area contributed by atoms with E-state index in [9.17, 15) is 14.0 Å². The maximum Gasteiger partial charge on any atom is 0.437 e. The second-order valence-electron chi connectivity index (χ2n) is 7.44. The van der Waals surface area contributed by atoms with Crippen LogP contribution in [0.1, 0.15) is 34.1 Å². The van der Waals surface area contributed by atoms with Gasteiger partial charge < -0.3 is 9.73 Å². The molecule has 0 aliphatic heterocycles. The number of halogens is 2. The Morgan fingerprint density at radius 2 is 2.12 bits per heavy atom. The van der Waals surface area contributed by atoms with Crippen molar-refractivity contribution in [3.63, 3.8) is 0 Å². The van der Waals surface area contributed by atoms with Gasteiger partial charge in [0.2, 0.25) is 0 Å². The normalized spacial score (nSPS) is 13.3. The van der Waals surface area contributed by atoms with Crippen molar-refractivity contribution in [1.29, 1.82) is 0 Å². The van der Waals surface area contributed by atoms with Gasteiger partial charge in [-0.05, 0) is 43.2 Å². The van der Waals surface area contributed by atoms with Crippen molar-refractivity contribution < 1.29 is 13.6 Å². The minimum absolute atomic E-state index is 0.0540. The van der Waals surface area contributed by atoms with E-state index < -0.39 is 17.5 Å².